The molecule has 7 heteroatoms. The number of aliphatic carboxylic acids is 1. The fourth-order valence-corrected chi connectivity index (χ4v) is 4.10. The van der Waals surface area contributed by atoms with Crippen molar-refractivity contribution in [1.29, 1.82) is 0 Å². The first-order chi connectivity index (χ1) is 11.4. The number of carboxylic acids is 1. The first-order valence-corrected chi connectivity index (χ1v) is 8.90. The number of carboxylic acid groups (broad SMARTS) is 1. The van der Waals surface area contributed by atoms with Gasteiger partial charge in [-0.05, 0) is 39.7 Å². The van der Waals surface area contributed by atoms with E-state index < -0.39 is 11.9 Å². The van der Waals surface area contributed by atoms with Crippen LogP contribution in [-0.4, -0.2) is 44.0 Å². The van der Waals surface area contributed by atoms with Gasteiger partial charge in [-0.1, -0.05) is 0 Å². The van der Waals surface area contributed by atoms with Gasteiger partial charge in [-0.3, -0.25) is 14.2 Å². The number of hydrogen-bond donors (Lipinski definition) is 1. The highest BCUT2D eigenvalue weighted by Gasteiger charge is 2.34. The summed E-state index contributed by atoms with van der Waals surface area (Å²) in [6.45, 7) is 6.11. The molecule has 6 nitrogen and oxygen atoms in total. The van der Waals surface area contributed by atoms with Crippen molar-refractivity contribution < 1.29 is 14.7 Å². The van der Waals surface area contributed by atoms with Crippen LogP contribution in [0, 0.1) is 19.8 Å². The van der Waals surface area contributed by atoms with Crippen LogP contribution in [-0.2, 0) is 4.79 Å². The number of carbonyl (C=O) groups is 2. The Bertz CT molecular complexity index is 766. The van der Waals surface area contributed by atoms with Crippen molar-refractivity contribution in [3.05, 3.63) is 34.6 Å². The molecule has 2 atom stereocenters. The first-order valence-electron chi connectivity index (χ1n) is 8.02. The molecule has 1 aliphatic rings. The summed E-state index contributed by atoms with van der Waals surface area (Å²) in [5.41, 5.74) is 2.42. The van der Waals surface area contributed by atoms with Gasteiger partial charge in [0.25, 0.3) is 5.91 Å². The maximum atomic E-state index is 13.0. The van der Waals surface area contributed by atoms with Crippen molar-refractivity contribution in [2.75, 3.05) is 6.54 Å². The highest BCUT2D eigenvalue weighted by molar-refractivity contribution is 7.12. The molecular weight excluding hydrogens is 326 g/mol. The zero-order valence-corrected chi connectivity index (χ0v) is 14.8. The van der Waals surface area contributed by atoms with Crippen molar-refractivity contribution >= 4 is 23.2 Å². The second kappa shape index (κ2) is 6.39. The van der Waals surface area contributed by atoms with E-state index in [1.54, 1.807) is 11.1 Å². The maximum Gasteiger partial charge on any atom is 0.308 e. The van der Waals surface area contributed by atoms with Crippen molar-refractivity contribution in [3.63, 3.8) is 0 Å². The van der Waals surface area contributed by atoms with E-state index in [1.807, 2.05) is 36.8 Å². The lowest BCUT2D eigenvalue weighted by Gasteiger charge is -2.36. The Kier molecular flexibility index (Phi) is 4.45. The predicted octanol–water partition coefficient (Wildman–Crippen LogP) is 2.88. The summed E-state index contributed by atoms with van der Waals surface area (Å²) in [6, 6.07) is 1.92. The van der Waals surface area contributed by atoms with E-state index in [2.05, 4.69) is 4.98 Å². The van der Waals surface area contributed by atoms with Crippen LogP contribution in [0.25, 0.3) is 5.13 Å². The van der Waals surface area contributed by atoms with Crippen molar-refractivity contribution in [2.24, 2.45) is 5.92 Å². The summed E-state index contributed by atoms with van der Waals surface area (Å²) in [5.74, 6) is -1.40. The van der Waals surface area contributed by atoms with Gasteiger partial charge in [-0.2, -0.15) is 0 Å². The minimum Gasteiger partial charge on any atom is -0.481 e. The lowest BCUT2D eigenvalue weighted by molar-refractivity contribution is -0.143. The third-order valence-electron chi connectivity index (χ3n) is 4.76. The number of nitrogens with zero attached hydrogens (tertiary/aromatic N) is 3. The fraction of sp³-hybridized carbons (Fsp3) is 0.471. The number of likely N-dealkylation sites (tertiary alicyclic amines) is 1. The summed E-state index contributed by atoms with van der Waals surface area (Å²) in [7, 11) is 0. The Labute approximate surface area is 144 Å². The lowest BCUT2D eigenvalue weighted by atomic mass is 9.93. The van der Waals surface area contributed by atoms with Crippen molar-refractivity contribution in [1.82, 2.24) is 14.5 Å². The molecule has 1 N–H and O–H groups in total. The molecule has 3 rings (SSSR count). The molecule has 2 aromatic rings. The maximum absolute atomic E-state index is 13.0. The number of amides is 1. The van der Waals surface area contributed by atoms with Gasteiger partial charge in [0.2, 0.25) is 0 Å². The molecule has 0 aliphatic carbocycles. The van der Waals surface area contributed by atoms with Crippen LogP contribution in [0.3, 0.4) is 0 Å². The predicted molar refractivity (Wildman–Crippen MR) is 91.8 cm³/mol. The summed E-state index contributed by atoms with van der Waals surface area (Å²) in [6.07, 6.45) is 3.08. The third kappa shape index (κ3) is 2.84. The van der Waals surface area contributed by atoms with Gasteiger partial charge in [0.05, 0.1) is 11.5 Å². The van der Waals surface area contributed by atoms with Crippen molar-refractivity contribution in [2.45, 2.75) is 39.7 Å². The normalized spacial score (nSPS) is 21.0. The van der Waals surface area contributed by atoms with Gasteiger partial charge in [-0.15, -0.1) is 11.3 Å². The monoisotopic (exact) mass is 347 g/mol. The van der Waals surface area contributed by atoms with E-state index >= 15 is 0 Å². The standard InChI is InChI=1S/C17H21N3O3S/c1-10-4-5-13(16(22)23)9-19(10)15(21)14-8-11(2)20(12(14)3)17-18-6-7-24-17/h6-8,10,13H,4-5,9H2,1-3H3,(H,22,23). The molecule has 0 spiro atoms. The van der Waals surface area contributed by atoms with Crippen molar-refractivity contribution in [3.8, 4) is 5.13 Å². The Balaban J connectivity index is 1.93. The quantitative estimate of drug-likeness (QED) is 0.926. The summed E-state index contributed by atoms with van der Waals surface area (Å²) < 4.78 is 1.97. The second-order valence-corrected chi connectivity index (χ2v) is 7.23. The highest BCUT2D eigenvalue weighted by Crippen LogP contribution is 2.27. The van der Waals surface area contributed by atoms with E-state index in [4.69, 9.17) is 0 Å². The first kappa shape index (κ1) is 16.7. The summed E-state index contributed by atoms with van der Waals surface area (Å²) in [5, 5.41) is 12.0. The van der Waals surface area contributed by atoms with Crippen LogP contribution >= 0.6 is 11.3 Å². The highest BCUT2D eigenvalue weighted by atomic mass is 32.1. The van der Waals surface area contributed by atoms with Crippen LogP contribution in [0.5, 0.6) is 0 Å². The zero-order valence-electron chi connectivity index (χ0n) is 14.0. The molecule has 0 saturated carbocycles. The number of carbonyl (C=O) groups excluding carboxylic acids is 1. The number of aromatic nitrogens is 2. The van der Waals surface area contributed by atoms with Gasteiger partial charge in [0.1, 0.15) is 0 Å². The molecule has 1 amide bonds. The molecule has 1 saturated heterocycles. The Morgan fingerprint density at radius 1 is 1.33 bits per heavy atom. The van der Waals surface area contributed by atoms with E-state index in [0.717, 1.165) is 16.5 Å². The molecule has 2 unspecified atom stereocenters. The topological polar surface area (TPSA) is 75.4 Å². The van der Waals surface area contributed by atoms with Crippen LogP contribution in [0.4, 0.5) is 0 Å². The molecule has 0 aromatic carbocycles. The summed E-state index contributed by atoms with van der Waals surface area (Å²) in [4.78, 5) is 30.4. The molecule has 24 heavy (non-hydrogen) atoms. The number of rotatable bonds is 3. The second-order valence-electron chi connectivity index (χ2n) is 6.35. The van der Waals surface area contributed by atoms with E-state index in [1.165, 1.54) is 11.3 Å². The number of aryl methyl sites for hydroxylation is 1. The van der Waals surface area contributed by atoms with Crippen LogP contribution in [0.2, 0.25) is 0 Å². The van der Waals surface area contributed by atoms with Crippen LogP contribution in [0.15, 0.2) is 17.6 Å². The minimum absolute atomic E-state index is 0.0519. The van der Waals surface area contributed by atoms with Gasteiger partial charge < -0.3 is 10.0 Å². The third-order valence-corrected chi connectivity index (χ3v) is 5.52. The van der Waals surface area contributed by atoms with Gasteiger partial charge in [0, 0.05) is 35.6 Å². The molecule has 0 bridgehead atoms. The Hall–Kier alpha value is -2.15. The van der Waals surface area contributed by atoms with Gasteiger partial charge in [-0.25, -0.2) is 4.98 Å². The number of thiazole rings is 1. The Morgan fingerprint density at radius 3 is 2.71 bits per heavy atom. The van der Waals surface area contributed by atoms with E-state index in [-0.39, 0.29) is 18.5 Å². The molecule has 128 valence electrons. The zero-order chi connectivity index (χ0) is 17.4. The van der Waals surface area contributed by atoms with E-state index in [0.29, 0.717) is 18.4 Å². The summed E-state index contributed by atoms with van der Waals surface area (Å²) >= 11 is 1.52. The average Bonchev–Trinajstić information content (AvgIpc) is 3.15. The van der Waals surface area contributed by atoms with Crippen LogP contribution in [0.1, 0.15) is 41.5 Å². The fourth-order valence-electron chi connectivity index (χ4n) is 3.35. The van der Waals surface area contributed by atoms with E-state index in [9.17, 15) is 14.7 Å². The van der Waals surface area contributed by atoms with Gasteiger partial charge >= 0.3 is 5.97 Å². The number of hydrogen-bond acceptors (Lipinski definition) is 4. The Morgan fingerprint density at radius 2 is 2.08 bits per heavy atom. The average molecular weight is 347 g/mol. The smallest absolute Gasteiger partial charge is 0.308 e. The lowest BCUT2D eigenvalue weighted by Crippen LogP contribution is -2.47. The number of piperidine rings is 1. The van der Waals surface area contributed by atoms with Gasteiger partial charge in [0.15, 0.2) is 5.13 Å². The SMILES string of the molecule is Cc1cc(C(=O)N2CC(C(=O)O)CCC2C)c(C)n1-c1nccs1. The molecule has 3 heterocycles. The van der Waals surface area contributed by atoms with Crippen LogP contribution < -0.4 is 0 Å². The largest absolute Gasteiger partial charge is 0.481 e. The molecule has 2 aromatic heterocycles. The molecule has 1 fully saturated rings. The minimum atomic E-state index is -0.826. The molecular formula is C17H21N3O3S. The molecule has 0 radical (unpaired) electrons. The molecule has 1 aliphatic heterocycles.